The molecule has 0 bridgehead atoms. The van der Waals surface area contributed by atoms with Crippen molar-refractivity contribution in [2.24, 2.45) is 0 Å². The van der Waals surface area contributed by atoms with E-state index in [2.05, 4.69) is 109 Å². The molecule has 232 valence electrons. The molecule has 2 heterocycles. The molecule has 0 fully saturated rings. The quantitative estimate of drug-likeness (QED) is 0.166. The predicted molar refractivity (Wildman–Crippen MR) is 210 cm³/mol. The molecule has 0 saturated carbocycles. The maximum Gasteiger partial charge on any atom is 0.171 e. The smallest absolute Gasteiger partial charge is 0.171 e. The van der Waals surface area contributed by atoms with E-state index in [1.807, 2.05) is 84.1 Å². The molecule has 0 spiro atoms. The van der Waals surface area contributed by atoms with Crippen molar-refractivity contribution in [2.75, 3.05) is 0 Å². The molecule has 0 saturated heterocycles. The summed E-state index contributed by atoms with van der Waals surface area (Å²) in [6.07, 6.45) is 0. The molecule has 49 heavy (non-hydrogen) atoms. The molecule has 9 rings (SSSR count). The van der Waals surface area contributed by atoms with E-state index in [4.69, 9.17) is 4.98 Å². The van der Waals surface area contributed by atoms with Crippen LogP contribution in [0.4, 0.5) is 0 Å². The lowest BCUT2D eigenvalue weighted by atomic mass is 9.93. The zero-order valence-electron chi connectivity index (χ0n) is 26.5. The molecule has 7 aromatic carbocycles. The highest BCUT2D eigenvalue weighted by Gasteiger charge is 2.29. The Morgan fingerprint density at radius 2 is 1.00 bits per heavy atom. The van der Waals surface area contributed by atoms with Gasteiger partial charge < -0.3 is 4.57 Å². The van der Waals surface area contributed by atoms with Crippen LogP contribution in [0.3, 0.4) is 0 Å². The lowest BCUT2D eigenvalue weighted by Crippen LogP contribution is -2.25. The van der Waals surface area contributed by atoms with E-state index in [9.17, 15) is 0 Å². The van der Waals surface area contributed by atoms with Gasteiger partial charge in [-0.3, -0.25) is 0 Å². The molecule has 0 aliphatic rings. The van der Waals surface area contributed by atoms with E-state index in [0.29, 0.717) is 0 Å². The third-order valence-corrected chi connectivity index (χ3v) is 13.6. The molecule has 0 radical (unpaired) electrons. The summed E-state index contributed by atoms with van der Waals surface area (Å²) in [7, 11) is -3.11. The third-order valence-electron chi connectivity index (χ3n) is 9.34. The first kappa shape index (κ1) is 29.5. The van der Waals surface area contributed by atoms with Gasteiger partial charge in [0.25, 0.3) is 0 Å². The number of aromatic nitrogens is 1. The summed E-state index contributed by atoms with van der Waals surface area (Å²) < 4.78 is 17.6. The van der Waals surface area contributed by atoms with Crippen LogP contribution in [0.2, 0.25) is 0 Å². The molecule has 0 N–H and O–H groups in total. The highest BCUT2D eigenvalue weighted by Crippen LogP contribution is 2.46. The van der Waals surface area contributed by atoms with Gasteiger partial charge in [0.1, 0.15) is 0 Å². The van der Waals surface area contributed by atoms with Gasteiger partial charge in [0.05, 0.1) is 15.9 Å². The number of hydrogen-bond acceptors (Lipinski definition) is 3. The van der Waals surface area contributed by atoms with Crippen LogP contribution in [0.1, 0.15) is 0 Å². The summed E-state index contributed by atoms with van der Waals surface area (Å²) in [6, 6.07) is 62.4. The monoisotopic (exact) mass is 663 g/mol. The van der Waals surface area contributed by atoms with Crippen molar-refractivity contribution in [3.63, 3.8) is 0 Å². The van der Waals surface area contributed by atoms with E-state index < -0.39 is 7.14 Å². The minimum absolute atomic E-state index is 0.821. The first-order valence-corrected chi connectivity index (χ1v) is 18.9. The second kappa shape index (κ2) is 12.1. The van der Waals surface area contributed by atoms with Crippen LogP contribution >= 0.6 is 18.5 Å². The first-order valence-electron chi connectivity index (χ1n) is 16.4. The number of fused-ring (bicyclic) bond motifs is 5. The van der Waals surface area contributed by atoms with Crippen LogP contribution in [-0.2, 0) is 4.57 Å². The molecule has 0 aliphatic carbocycles. The highest BCUT2D eigenvalue weighted by molar-refractivity contribution is 7.85. The fraction of sp³-hybridized carbons (Fsp3) is 0. The number of nitrogens with zero attached hydrogens (tertiary/aromatic N) is 1. The molecule has 0 unspecified atom stereocenters. The Kier molecular flexibility index (Phi) is 7.31. The van der Waals surface area contributed by atoms with Gasteiger partial charge in [-0.05, 0) is 46.5 Å². The van der Waals surface area contributed by atoms with Crippen molar-refractivity contribution in [1.29, 1.82) is 0 Å². The van der Waals surface area contributed by atoms with Gasteiger partial charge in [-0.25, -0.2) is 4.98 Å². The molecular formula is C45H30NOPS. The Morgan fingerprint density at radius 1 is 0.449 bits per heavy atom. The van der Waals surface area contributed by atoms with Gasteiger partial charge in [-0.2, -0.15) is 0 Å². The molecule has 9 aromatic rings. The molecule has 4 heteroatoms. The topological polar surface area (TPSA) is 30.0 Å². The van der Waals surface area contributed by atoms with Gasteiger partial charge in [0.2, 0.25) is 0 Å². The third kappa shape index (κ3) is 5.02. The van der Waals surface area contributed by atoms with Crippen molar-refractivity contribution < 1.29 is 4.57 Å². The zero-order chi connectivity index (χ0) is 32.8. The Balaban J connectivity index is 1.23. The number of pyridine rings is 1. The SMILES string of the molecule is O=P(c1ccccc1)(c1ccccc1)c1cccc(-c2cccc(-c3cccc4nc(-c5ccccc5)c5sc6ccccc6c5c34)c2)c1. The number of thiophene rings is 1. The summed E-state index contributed by atoms with van der Waals surface area (Å²) in [4.78, 5) is 5.31. The van der Waals surface area contributed by atoms with Gasteiger partial charge in [0, 0.05) is 42.3 Å². The van der Waals surface area contributed by atoms with E-state index in [1.165, 1.54) is 20.2 Å². The zero-order valence-corrected chi connectivity index (χ0v) is 28.2. The van der Waals surface area contributed by atoms with E-state index in [-0.39, 0.29) is 0 Å². The van der Waals surface area contributed by atoms with Crippen molar-refractivity contribution in [2.45, 2.75) is 0 Å². The van der Waals surface area contributed by atoms with Crippen molar-refractivity contribution in [3.05, 3.63) is 182 Å². The fourth-order valence-corrected chi connectivity index (χ4v) is 10.9. The van der Waals surface area contributed by atoms with Crippen LogP contribution in [0.5, 0.6) is 0 Å². The fourth-order valence-electron chi connectivity index (χ4n) is 7.03. The number of hydrogen-bond donors (Lipinski definition) is 0. The first-order chi connectivity index (χ1) is 24.2. The lowest BCUT2D eigenvalue weighted by Gasteiger charge is -2.20. The van der Waals surface area contributed by atoms with E-state index in [0.717, 1.165) is 60.3 Å². The van der Waals surface area contributed by atoms with Crippen molar-refractivity contribution in [1.82, 2.24) is 4.98 Å². The minimum atomic E-state index is -3.11. The number of rotatable bonds is 6. The van der Waals surface area contributed by atoms with Crippen LogP contribution in [0.15, 0.2) is 182 Å². The molecular weight excluding hydrogens is 634 g/mol. The molecule has 2 aromatic heterocycles. The average molecular weight is 664 g/mol. The van der Waals surface area contributed by atoms with Crippen LogP contribution in [0, 0.1) is 0 Å². The summed E-state index contributed by atoms with van der Waals surface area (Å²) >= 11 is 1.81. The van der Waals surface area contributed by atoms with Gasteiger partial charge >= 0.3 is 0 Å². The second-order valence-electron chi connectivity index (χ2n) is 12.2. The van der Waals surface area contributed by atoms with E-state index >= 15 is 4.57 Å². The predicted octanol–water partition coefficient (Wildman–Crippen LogP) is 11.2. The Hall–Kier alpha value is -5.60. The summed E-state index contributed by atoms with van der Waals surface area (Å²) in [5, 5.41) is 6.15. The highest BCUT2D eigenvalue weighted by atomic mass is 32.1. The van der Waals surface area contributed by atoms with Crippen molar-refractivity contribution in [3.8, 4) is 33.5 Å². The van der Waals surface area contributed by atoms with Gasteiger partial charge in [-0.1, -0.05) is 158 Å². The molecule has 0 amide bonds. The summed E-state index contributed by atoms with van der Waals surface area (Å²) in [5.41, 5.74) is 7.49. The molecule has 2 nitrogen and oxygen atoms in total. The Morgan fingerprint density at radius 3 is 1.73 bits per heavy atom. The average Bonchev–Trinajstić information content (AvgIpc) is 3.58. The van der Waals surface area contributed by atoms with E-state index in [1.54, 1.807) is 0 Å². The minimum Gasteiger partial charge on any atom is -0.309 e. The maximum atomic E-state index is 15.2. The normalized spacial score (nSPS) is 11.8. The Labute approximate surface area is 289 Å². The largest absolute Gasteiger partial charge is 0.309 e. The van der Waals surface area contributed by atoms with Crippen LogP contribution < -0.4 is 15.9 Å². The number of benzene rings is 7. The summed E-state index contributed by atoms with van der Waals surface area (Å²) in [5.74, 6) is 0. The van der Waals surface area contributed by atoms with Crippen LogP contribution in [-0.4, -0.2) is 4.98 Å². The standard InChI is InChI=1S/C45H30NOPS/c47-48(35-20-6-2-7-21-35,36-22-8-3-9-23-36)37-24-13-18-33(30-37)32-17-12-19-34(29-32)38-26-14-27-40-42(38)43-39-25-10-11-28-41(39)49-45(43)44(46-40)31-15-4-1-5-16-31/h1-30H. The molecule has 0 aliphatic heterocycles. The van der Waals surface area contributed by atoms with Crippen LogP contribution in [0.25, 0.3) is 64.6 Å². The summed E-state index contributed by atoms with van der Waals surface area (Å²) in [6.45, 7) is 0. The maximum absolute atomic E-state index is 15.2. The van der Waals surface area contributed by atoms with Gasteiger partial charge in [0.15, 0.2) is 7.14 Å². The molecule has 0 atom stereocenters. The lowest BCUT2D eigenvalue weighted by molar-refractivity contribution is 0.592. The van der Waals surface area contributed by atoms with Crippen molar-refractivity contribution >= 4 is 65.5 Å². The Bertz CT molecular complexity index is 2640. The van der Waals surface area contributed by atoms with Gasteiger partial charge in [-0.15, -0.1) is 11.3 Å². The second-order valence-corrected chi connectivity index (χ2v) is 16.1.